The van der Waals surface area contributed by atoms with Crippen LogP contribution < -0.4 is 10.6 Å². The highest BCUT2D eigenvalue weighted by Crippen LogP contribution is 2.32. The van der Waals surface area contributed by atoms with Gasteiger partial charge in [-0.1, -0.05) is 66.6 Å². The molecule has 37 heavy (non-hydrogen) atoms. The monoisotopic (exact) mass is 518 g/mol. The second-order valence-electron chi connectivity index (χ2n) is 9.46. The van der Waals surface area contributed by atoms with Gasteiger partial charge in [0.1, 0.15) is 12.6 Å². The zero-order chi connectivity index (χ0) is 25.6. The Balaban J connectivity index is 1.18. The van der Waals surface area contributed by atoms with Gasteiger partial charge in [-0.05, 0) is 48.9 Å². The molecule has 0 spiro atoms. The molecular weight excluding hydrogens is 488 g/mol. The molecule has 2 fully saturated rings. The summed E-state index contributed by atoms with van der Waals surface area (Å²) < 4.78 is 5.44. The van der Waals surface area contributed by atoms with Gasteiger partial charge in [0.2, 0.25) is 11.8 Å². The maximum absolute atomic E-state index is 13.0. The standard InChI is InChI=1S/C28H30N4O4S/c33-25(20-10-4-5-11-20)30-22-13-6-12-21(16-22)24-17-29-27(37-24)31-26(34)23-14-7-15-32(23)28(35)36-18-19-8-2-1-3-9-19/h1-3,6,8-9,12-13,16-17,20,23H,4-5,7,10-11,14-15,18H2,(H,30,33)(H,29,31,34)/t23-/m0/s1. The summed E-state index contributed by atoms with van der Waals surface area (Å²) in [4.78, 5) is 44.9. The molecule has 3 aromatic rings. The molecule has 0 unspecified atom stereocenters. The lowest BCUT2D eigenvalue weighted by Gasteiger charge is -2.22. The van der Waals surface area contributed by atoms with Crippen LogP contribution in [0, 0.1) is 5.92 Å². The summed E-state index contributed by atoms with van der Waals surface area (Å²) >= 11 is 1.35. The molecule has 1 saturated carbocycles. The number of rotatable bonds is 7. The summed E-state index contributed by atoms with van der Waals surface area (Å²) in [6, 6.07) is 16.5. The predicted molar refractivity (Wildman–Crippen MR) is 143 cm³/mol. The van der Waals surface area contributed by atoms with Crippen molar-refractivity contribution in [2.45, 2.75) is 51.2 Å². The largest absolute Gasteiger partial charge is 0.445 e. The Morgan fingerprint density at radius 3 is 2.57 bits per heavy atom. The van der Waals surface area contributed by atoms with Crippen LogP contribution in [0.4, 0.5) is 15.6 Å². The first-order valence-corrected chi connectivity index (χ1v) is 13.5. The van der Waals surface area contributed by atoms with Crippen LogP contribution in [0.1, 0.15) is 44.1 Å². The number of benzene rings is 2. The minimum absolute atomic E-state index is 0.0790. The first-order chi connectivity index (χ1) is 18.1. The fraction of sp³-hybridized carbons (Fsp3) is 0.357. The fourth-order valence-electron chi connectivity index (χ4n) is 4.90. The second-order valence-corrected chi connectivity index (χ2v) is 10.5. The zero-order valence-electron chi connectivity index (χ0n) is 20.5. The number of amides is 3. The van der Waals surface area contributed by atoms with Gasteiger partial charge in [-0.2, -0.15) is 0 Å². The van der Waals surface area contributed by atoms with Crippen molar-refractivity contribution in [3.05, 3.63) is 66.4 Å². The van der Waals surface area contributed by atoms with Crippen molar-refractivity contribution >= 4 is 40.1 Å². The number of carbonyl (C=O) groups excluding carboxylic acids is 3. The minimum atomic E-state index is -0.593. The molecular formula is C28H30N4O4S. The number of ether oxygens (including phenoxy) is 1. The molecule has 192 valence electrons. The smallest absolute Gasteiger partial charge is 0.410 e. The number of carbonyl (C=O) groups is 3. The summed E-state index contributed by atoms with van der Waals surface area (Å²) in [5, 5.41) is 6.36. The molecule has 1 aliphatic carbocycles. The van der Waals surface area contributed by atoms with Crippen LogP contribution in [-0.4, -0.2) is 40.4 Å². The maximum atomic E-state index is 13.0. The molecule has 2 aliphatic rings. The number of nitrogens with zero attached hydrogens (tertiary/aromatic N) is 2. The van der Waals surface area contributed by atoms with Crippen molar-refractivity contribution < 1.29 is 19.1 Å². The number of likely N-dealkylation sites (tertiary alicyclic amines) is 1. The van der Waals surface area contributed by atoms with E-state index in [0.717, 1.165) is 53.8 Å². The van der Waals surface area contributed by atoms with E-state index in [0.29, 0.717) is 18.1 Å². The molecule has 9 heteroatoms. The highest BCUT2D eigenvalue weighted by molar-refractivity contribution is 7.19. The van der Waals surface area contributed by atoms with Gasteiger partial charge in [0.05, 0.1) is 4.88 Å². The predicted octanol–water partition coefficient (Wildman–Crippen LogP) is 5.68. The number of hydrogen-bond donors (Lipinski definition) is 2. The Morgan fingerprint density at radius 2 is 1.76 bits per heavy atom. The average molecular weight is 519 g/mol. The van der Waals surface area contributed by atoms with Crippen molar-refractivity contribution in [2.24, 2.45) is 5.92 Å². The minimum Gasteiger partial charge on any atom is -0.445 e. The van der Waals surface area contributed by atoms with Crippen molar-refractivity contribution in [2.75, 3.05) is 17.2 Å². The summed E-state index contributed by atoms with van der Waals surface area (Å²) in [6.07, 6.45) is 6.66. The van der Waals surface area contributed by atoms with Gasteiger partial charge in [-0.3, -0.25) is 14.5 Å². The Bertz CT molecular complexity index is 1260. The molecule has 2 aromatic carbocycles. The Morgan fingerprint density at radius 1 is 0.946 bits per heavy atom. The molecule has 3 amide bonds. The van der Waals surface area contributed by atoms with Crippen molar-refractivity contribution in [3.63, 3.8) is 0 Å². The summed E-state index contributed by atoms with van der Waals surface area (Å²) in [5.74, 6) is -0.0948. The van der Waals surface area contributed by atoms with E-state index in [4.69, 9.17) is 4.74 Å². The number of nitrogens with one attached hydrogen (secondary N) is 2. The first kappa shape index (κ1) is 25.0. The van der Waals surface area contributed by atoms with Gasteiger partial charge in [-0.15, -0.1) is 0 Å². The highest BCUT2D eigenvalue weighted by Gasteiger charge is 2.35. The summed E-state index contributed by atoms with van der Waals surface area (Å²) in [6.45, 7) is 0.648. The molecule has 2 heterocycles. The second kappa shape index (κ2) is 11.6. The highest BCUT2D eigenvalue weighted by atomic mass is 32.1. The van der Waals surface area contributed by atoms with Crippen molar-refractivity contribution in [3.8, 4) is 10.4 Å². The first-order valence-electron chi connectivity index (χ1n) is 12.7. The number of thiazole rings is 1. The molecule has 1 aliphatic heterocycles. The van der Waals surface area contributed by atoms with E-state index in [1.54, 1.807) is 6.20 Å². The number of hydrogen-bond acceptors (Lipinski definition) is 6. The van der Waals surface area contributed by atoms with Gasteiger partial charge < -0.3 is 15.4 Å². The Kier molecular flexibility index (Phi) is 7.79. The van der Waals surface area contributed by atoms with Crippen molar-refractivity contribution in [1.82, 2.24) is 9.88 Å². The van der Waals surface area contributed by atoms with Crippen LogP contribution in [-0.2, 0) is 20.9 Å². The molecule has 0 radical (unpaired) electrons. The van der Waals surface area contributed by atoms with Crippen LogP contribution in [0.3, 0.4) is 0 Å². The third kappa shape index (κ3) is 6.17. The molecule has 8 nitrogen and oxygen atoms in total. The third-order valence-corrected chi connectivity index (χ3v) is 7.83. The van der Waals surface area contributed by atoms with Crippen LogP contribution in [0.25, 0.3) is 10.4 Å². The molecule has 1 atom stereocenters. The van der Waals surface area contributed by atoms with Crippen LogP contribution in [0.5, 0.6) is 0 Å². The van der Waals surface area contributed by atoms with E-state index in [9.17, 15) is 14.4 Å². The Labute approximate surface area is 220 Å². The van der Waals surface area contributed by atoms with Gasteiger partial charge in [0, 0.05) is 24.3 Å². The third-order valence-electron chi connectivity index (χ3n) is 6.87. The van der Waals surface area contributed by atoms with E-state index >= 15 is 0 Å². The molecule has 5 rings (SSSR count). The normalized spacial score (nSPS) is 17.5. The molecule has 1 aromatic heterocycles. The maximum Gasteiger partial charge on any atom is 0.410 e. The van der Waals surface area contributed by atoms with Crippen LogP contribution in [0.2, 0.25) is 0 Å². The van der Waals surface area contributed by atoms with Gasteiger partial charge in [0.15, 0.2) is 5.13 Å². The molecule has 2 N–H and O–H groups in total. The quantitative estimate of drug-likeness (QED) is 0.419. The Hall–Kier alpha value is -3.72. The molecule has 1 saturated heterocycles. The van der Waals surface area contributed by atoms with Gasteiger partial charge in [0.25, 0.3) is 0 Å². The summed E-state index contributed by atoms with van der Waals surface area (Å²) in [5.41, 5.74) is 2.56. The van der Waals surface area contributed by atoms with Crippen LogP contribution >= 0.6 is 11.3 Å². The van der Waals surface area contributed by atoms with Gasteiger partial charge in [-0.25, -0.2) is 9.78 Å². The lowest BCUT2D eigenvalue weighted by atomic mass is 10.1. The number of aromatic nitrogens is 1. The van der Waals surface area contributed by atoms with E-state index < -0.39 is 12.1 Å². The van der Waals surface area contributed by atoms with Crippen LogP contribution in [0.15, 0.2) is 60.8 Å². The van der Waals surface area contributed by atoms with Gasteiger partial charge >= 0.3 is 6.09 Å². The van der Waals surface area contributed by atoms with E-state index in [1.807, 2.05) is 54.6 Å². The average Bonchev–Trinajstić information content (AvgIpc) is 3.70. The fourth-order valence-corrected chi connectivity index (χ4v) is 5.71. The van der Waals surface area contributed by atoms with E-state index in [2.05, 4.69) is 15.6 Å². The summed E-state index contributed by atoms with van der Waals surface area (Å²) in [7, 11) is 0. The lowest BCUT2D eigenvalue weighted by molar-refractivity contribution is -0.120. The van der Waals surface area contributed by atoms with E-state index in [1.165, 1.54) is 16.2 Å². The van der Waals surface area contributed by atoms with Crippen molar-refractivity contribution in [1.29, 1.82) is 0 Å². The zero-order valence-corrected chi connectivity index (χ0v) is 21.3. The lowest BCUT2D eigenvalue weighted by Crippen LogP contribution is -2.43. The van der Waals surface area contributed by atoms with E-state index in [-0.39, 0.29) is 24.3 Å². The SMILES string of the molecule is O=C(Nc1cccc(-c2cnc(NC(=O)[C@@H]3CCCN3C(=O)OCc3ccccc3)s2)c1)C1CCCC1. The topological polar surface area (TPSA) is 101 Å². The number of anilines is 2. The molecule has 0 bridgehead atoms.